The zero-order valence-corrected chi connectivity index (χ0v) is 22.5. The molecule has 218 valence electrons. The Labute approximate surface area is 234 Å². The maximum atomic E-state index is 12.0. The SMILES string of the molecule is CN(C)C(=O)Oc1ccc2[nH]c3c(c2c1)CCNC31CCN(CCOc2ccc(C#N)cc2)C1.O=C(O)C(F)(F)F. The van der Waals surface area contributed by atoms with E-state index in [0.29, 0.717) is 17.9 Å². The number of hydrogen-bond acceptors (Lipinski definition) is 7. The summed E-state index contributed by atoms with van der Waals surface area (Å²) in [5.41, 5.74) is 4.16. The van der Waals surface area contributed by atoms with E-state index in [1.807, 2.05) is 30.3 Å². The molecule has 3 aromatic rings. The average Bonchev–Trinajstić information content (AvgIpc) is 3.51. The molecule has 0 radical (unpaired) electrons. The number of nitriles is 1. The molecule has 0 aliphatic carbocycles. The van der Waals surface area contributed by atoms with Crippen LogP contribution in [0, 0.1) is 11.3 Å². The first kappa shape index (κ1) is 29.7. The lowest BCUT2D eigenvalue weighted by atomic mass is 9.86. The lowest BCUT2D eigenvalue weighted by Gasteiger charge is -2.35. The minimum Gasteiger partial charge on any atom is -0.492 e. The van der Waals surface area contributed by atoms with Crippen LogP contribution in [-0.2, 0) is 16.8 Å². The lowest BCUT2D eigenvalue weighted by Crippen LogP contribution is -2.49. The molecule has 10 nitrogen and oxygen atoms in total. The molecule has 5 rings (SSSR count). The van der Waals surface area contributed by atoms with Crippen LogP contribution in [0.15, 0.2) is 42.5 Å². The number of ether oxygens (including phenoxy) is 2. The molecule has 1 amide bonds. The summed E-state index contributed by atoms with van der Waals surface area (Å²) in [5.74, 6) is -1.41. The van der Waals surface area contributed by atoms with Crippen molar-refractivity contribution in [1.82, 2.24) is 20.1 Å². The van der Waals surface area contributed by atoms with Gasteiger partial charge in [0.1, 0.15) is 18.1 Å². The number of hydrogen-bond donors (Lipinski definition) is 3. The van der Waals surface area contributed by atoms with Crippen LogP contribution < -0.4 is 14.8 Å². The molecule has 2 aliphatic rings. The highest BCUT2D eigenvalue weighted by Gasteiger charge is 2.44. The van der Waals surface area contributed by atoms with Gasteiger partial charge >= 0.3 is 18.2 Å². The van der Waals surface area contributed by atoms with E-state index in [1.54, 1.807) is 26.2 Å². The van der Waals surface area contributed by atoms with Crippen LogP contribution in [0.4, 0.5) is 18.0 Å². The third-order valence-electron chi connectivity index (χ3n) is 7.02. The molecule has 1 unspecified atom stereocenters. The second-order valence-corrected chi connectivity index (χ2v) is 10.0. The number of H-pyrrole nitrogens is 1. The van der Waals surface area contributed by atoms with E-state index in [4.69, 9.17) is 24.6 Å². The van der Waals surface area contributed by atoms with Gasteiger partial charge in [-0.05, 0) is 60.9 Å². The van der Waals surface area contributed by atoms with Crippen LogP contribution in [0.25, 0.3) is 10.9 Å². The van der Waals surface area contributed by atoms with Crippen molar-refractivity contribution in [3.63, 3.8) is 0 Å². The van der Waals surface area contributed by atoms with Gasteiger partial charge in [-0.3, -0.25) is 4.90 Å². The smallest absolute Gasteiger partial charge is 0.490 e. The van der Waals surface area contributed by atoms with Gasteiger partial charge in [0.15, 0.2) is 0 Å². The Hall–Kier alpha value is -4.28. The fraction of sp³-hybridized carbons (Fsp3) is 0.393. The van der Waals surface area contributed by atoms with E-state index in [9.17, 15) is 18.0 Å². The fourth-order valence-electron chi connectivity index (χ4n) is 5.01. The van der Waals surface area contributed by atoms with E-state index in [-0.39, 0.29) is 11.6 Å². The minimum absolute atomic E-state index is 0.110. The van der Waals surface area contributed by atoms with Crippen molar-refractivity contribution < 1.29 is 37.3 Å². The van der Waals surface area contributed by atoms with Crippen molar-refractivity contribution in [2.45, 2.75) is 24.6 Å². The Kier molecular flexibility index (Phi) is 8.74. The molecular formula is C28H30F3N5O5. The molecular weight excluding hydrogens is 543 g/mol. The van der Waals surface area contributed by atoms with Crippen molar-refractivity contribution in [1.29, 1.82) is 5.26 Å². The molecule has 13 heteroatoms. The number of nitrogens with one attached hydrogen (secondary N) is 2. The number of alkyl halides is 3. The quantitative estimate of drug-likeness (QED) is 0.420. The number of rotatable bonds is 5. The maximum Gasteiger partial charge on any atom is 0.490 e. The Bertz CT molecular complexity index is 1450. The molecule has 3 heterocycles. The monoisotopic (exact) mass is 573 g/mol. The van der Waals surface area contributed by atoms with Gasteiger partial charge < -0.3 is 29.8 Å². The van der Waals surface area contributed by atoms with E-state index < -0.39 is 12.1 Å². The predicted octanol–water partition coefficient (Wildman–Crippen LogP) is 3.86. The number of halogens is 3. The van der Waals surface area contributed by atoms with E-state index in [2.05, 4.69) is 21.3 Å². The zero-order chi connectivity index (χ0) is 29.8. The molecule has 0 bridgehead atoms. The number of likely N-dealkylation sites (tertiary alicyclic amines) is 1. The first-order valence-corrected chi connectivity index (χ1v) is 12.9. The molecule has 1 saturated heterocycles. The molecule has 1 spiro atoms. The fourth-order valence-corrected chi connectivity index (χ4v) is 5.01. The highest BCUT2D eigenvalue weighted by Crippen LogP contribution is 2.40. The first-order chi connectivity index (χ1) is 19.4. The van der Waals surface area contributed by atoms with Crippen LogP contribution in [0.3, 0.4) is 0 Å². The molecule has 0 saturated carbocycles. The number of benzene rings is 2. The number of carboxylic acid groups (broad SMARTS) is 1. The number of carbonyl (C=O) groups is 2. The van der Waals surface area contributed by atoms with Gasteiger partial charge in [-0.2, -0.15) is 18.4 Å². The summed E-state index contributed by atoms with van der Waals surface area (Å²) in [7, 11) is 3.35. The Morgan fingerprint density at radius 3 is 2.49 bits per heavy atom. The molecule has 41 heavy (non-hydrogen) atoms. The van der Waals surface area contributed by atoms with Crippen LogP contribution in [-0.4, -0.2) is 85.0 Å². The molecule has 1 fully saturated rings. The molecule has 1 atom stereocenters. The van der Waals surface area contributed by atoms with Crippen molar-refractivity contribution >= 4 is 23.0 Å². The molecule has 3 N–H and O–H groups in total. The number of carboxylic acids is 1. The summed E-state index contributed by atoms with van der Waals surface area (Å²) in [4.78, 5) is 28.4. The maximum absolute atomic E-state index is 12.0. The van der Waals surface area contributed by atoms with Gasteiger partial charge in [0.2, 0.25) is 0 Å². The molecule has 1 aromatic heterocycles. The van der Waals surface area contributed by atoms with Crippen molar-refractivity contribution in [3.05, 3.63) is 59.3 Å². The van der Waals surface area contributed by atoms with Crippen molar-refractivity contribution in [2.24, 2.45) is 0 Å². The summed E-state index contributed by atoms with van der Waals surface area (Å²) in [5, 5.41) is 21.0. The highest BCUT2D eigenvalue weighted by atomic mass is 19.4. The van der Waals surface area contributed by atoms with Crippen molar-refractivity contribution in [3.8, 4) is 17.6 Å². The van der Waals surface area contributed by atoms with E-state index >= 15 is 0 Å². The summed E-state index contributed by atoms with van der Waals surface area (Å²) in [6, 6.07) is 15.2. The van der Waals surface area contributed by atoms with Crippen molar-refractivity contribution in [2.75, 3.05) is 46.9 Å². The summed E-state index contributed by atoms with van der Waals surface area (Å²) >= 11 is 0. The van der Waals surface area contributed by atoms with Gasteiger partial charge in [0, 0.05) is 56.9 Å². The largest absolute Gasteiger partial charge is 0.492 e. The standard InChI is InChI=1S/C26H29N5O3.C2HF3O2/c1-30(2)25(32)34-20-7-8-23-22(15-20)21-9-11-28-26(24(21)29-23)10-12-31(17-26)13-14-33-19-5-3-18(16-27)4-6-19;3-2(4,5)1(6)7/h3-8,15,28-29H,9-14,17H2,1-2H3;(H,6,7). The van der Waals surface area contributed by atoms with Crippen LogP contribution in [0.2, 0.25) is 0 Å². The highest BCUT2D eigenvalue weighted by molar-refractivity contribution is 5.87. The third kappa shape index (κ3) is 6.90. The number of nitrogens with zero attached hydrogens (tertiary/aromatic N) is 3. The number of aliphatic carboxylic acids is 1. The van der Waals surface area contributed by atoms with E-state index in [0.717, 1.165) is 55.7 Å². The predicted molar refractivity (Wildman–Crippen MR) is 143 cm³/mol. The van der Waals surface area contributed by atoms with Gasteiger partial charge in [0.05, 0.1) is 17.2 Å². The van der Waals surface area contributed by atoms with Crippen LogP contribution in [0.1, 0.15) is 23.2 Å². The Morgan fingerprint density at radius 1 is 1.17 bits per heavy atom. The normalized spacial score (nSPS) is 18.2. The van der Waals surface area contributed by atoms with E-state index in [1.165, 1.54) is 16.2 Å². The first-order valence-electron chi connectivity index (χ1n) is 12.9. The minimum atomic E-state index is -5.08. The Balaban J connectivity index is 0.000000493. The van der Waals surface area contributed by atoms with Gasteiger partial charge in [-0.25, -0.2) is 9.59 Å². The van der Waals surface area contributed by atoms with Gasteiger partial charge in [-0.15, -0.1) is 0 Å². The number of aromatic amines is 1. The van der Waals surface area contributed by atoms with Gasteiger partial charge in [0.25, 0.3) is 0 Å². The average molecular weight is 574 g/mol. The lowest BCUT2D eigenvalue weighted by molar-refractivity contribution is -0.192. The Morgan fingerprint density at radius 2 is 1.85 bits per heavy atom. The van der Waals surface area contributed by atoms with Gasteiger partial charge in [-0.1, -0.05) is 0 Å². The molecule has 2 aliphatic heterocycles. The third-order valence-corrected chi connectivity index (χ3v) is 7.02. The second kappa shape index (κ2) is 12.1. The second-order valence-electron chi connectivity index (χ2n) is 10.0. The number of carbonyl (C=O) groups excluding carboxylic acids is 1. The number of amides is 1. The number of aromatic nitrogens is 1. The summed E-state index contributed by atoms with van der Waals surface area (Å²) in [6.07, 6.45) is -3.51. The topological polar surface area (TPSA) is 131 Å². The summed E-state index contributed by atoms with van der Waals surface area (Å²) < 4.78 is 43.1. The summed E-state index contributed by atoms with van der Waals surface area (Å²) in [6.45, 7) is 4.25. The zero-order valence-electron chi connectivity index (χ0n) is 22.5. The molecule has 2 aromatic carbocycles. The van der Waals surface area contributed by atoms with Crippen LogP contribution >= 0.6 is 0 Å². The van der Waals surface area contributed by atoms with Crippen LogP contribution in [0.5, 0.6) is 11.5 Å². The number of fused-ring (bicyclic) bond motifs is 4.